The lowest BCUT2D eigenvalue weighted by atomic mass is 10.0. The molecule has 0 radical (unpaired) electrons. The number of hydrogen-bond acceptors (Lipinski definition) is 7. The minimum atomic E-state index is -3.47. The Morgan fingerprint density at radius 1 is 1.35 bits per heavy atom. The number of rotatable bonds is 3. The molecule has 1 amide bonds. The molecular weight excluding hydrogens is 358 g/mol. The van der Waals surface area contributed by atoms with Crippen LogP contribution < -0.4 is 15.8 Å². The van der Waals surface area contributed by atoms with Crippen molar-refractivity contribution >= 4 is 21.6 Å². The van der Waals surface area contributed by atoms with Gasteiger partial charge in [-0.2, -0.15) is 0 Å². The van der Waals surface area contributed by atoms with Gasteiger partial charge in [0.05, 0.1) is 17.8 Å². The molecule has 26 heavy (non-hydrogen) atoms. The average molecular weight is 375 g/mol. The Kier molecular flexibility index (Phi) is 3.72. The third-order valence-electron chi connectivity index (χ3n) is 4.59. The van der Waals surface area contributed by atoms with Crippen molar-refractivity contribution in [2.24, 2.45) is 5.73 Å². The molecule has 0 aliphatic carbocycles. The molecule has 0 spiro atoms. The lowest BCUT2D eigenvalue weighted by molar-refractivity contribution is 0.0996. The van der Waals surface area contributed by atoms with Crippen LogP contribution in [0.4, 0.5) is 5.82 Å². The van der Waals surface area contributed by atoms with E-state index in [0.717, 1.165) is 0 Å². The predicted octanol–water partition coefficient (Wildman–Crippen LogP) is 0.821. The number of methoxy groups -OCH3 is 1. The molecule has 0 saturated carbocycles. The Morgan fingerprint density at radius 2 is 2.08 bits per heavy atom. The zero-order valence-electron chi connectivity index (χ0n) is 14.0. The van der Waals surface area contributed by atoms with Crippen molar-refractivity contribution in [1.82, 2.24) is 15.0 Å². The van der Waals surface area contributed by atoms with Crippen LogP contribution >= 0.6 is 0 Å². The van der Waals surface area contributed by atoms with Gasteiger partial charge in [-0.25, -0.2) is 13.1 Å². The second kappa shape index (κ2) is 5.84. The van der Waals surface area contributed by atoms with Crippen LogP contribution in [0.3, 0.4) is 0 Å². The Balaban J connectivity index is 1.95. The van der Waals surface area contributed by atoms with Gasteiger partial charge in [0.1, 0.15) is 11.8 Å². The maximum absolute atomic E-state index is 12.8. The highest BCUT2D eigenvalue weighted by Gasteiger charge is 2.41. The number of nitrogens with two attached hydrogens (primary N) is 1. The highest BCUT2D eigenvalue weighted by Crippen LogP contribution is 2.42. The fourth-order valence-corrected chi connectivity index (χ4v) is 5.26. The average Bonchev–Trinajstić information content (AvgIpc) is 3.04. The first-order valence-corrected chi connectivity index (χ1v) is 9.69. The molecule has 10 heteroatoms. The third kappa shape index (κ3) is 2.45. The van der Waals surface area contributed by atoms with Gasteiger partial charge < -0.3 is 15.8 Å². The van der Waals surface area contributed by atoms with Gasteiger partial charge >= 0.3 is 0 Å². The number of carbonyl (C=O) groups excluding carboxylic acids is 1. The van der Waals surface area contributed by atoms with Gasteiger partial charge in [0.15, 0.2) is 21.3 Å². The predicted molar refractivity (Wildman–Crippen MR) is 93.3 cm³/mol. The van der Waals surface area contributed by atoms with Crippen LogP contribution in [0.2, 0.25) is 0 Å². The Morgan fingerprint density at radius 3 is 2.73 bits per heavy atom. The number of allylic oxidation sites excluding steroid dienone is 2. The molecule has 1 aromatic heterocycles. The third-order valence-corrected chi connectivity index (χ3v) is 6.56. The van der Waals surface area contributed by atoms with E-state index in [1.165, 1.54) is 4.68 Å². The molecule has 0 fully saturated rings. The van der Waals surface area contributed by atoms with Crippen molar-refractivity contribution < 1.29 is 17.9 Å². The number of ether oxygens (including phenoxy) is 1. The number of carbonyl (C=O) groups is 1. The second-order valence-electron chi connectivity index (χ2n) is 6.16. The number of nitrogens with zero attached hydrogens (tertiary/aromatic N) is 3. The van der Waals surface area contributed by atoms with E-state index < -0.39 is 21.8 Å². The van der Waals surface area contributed by atoms with Gasteiger partial charge in [0, 0.05) is 5.70 Å². The number of aromatic nitrogens is 3. The highest BCUT2D eigenvalue weighted by atomic mass is 32.2. The van der Waals surface area contributed by atoms with Crippen molar-refractivity contribution in [3.63, 3.8) is 0 Å². The highest BCUT2D eigenvalue weighted by molar-refractivity contribution is 7.95. The van der Waals surface area contributed by atoms with E-state index in [9.17, 15) is 13.2 Å². The van der Waals surface area contributed by atoms with E-state index in [1.807, 2.05) is 0 Å². The Labute approximate surface area is 149 Å². The van der Waals surface area contributed by atoms with Crippen molar-refractivity contribution in [3.05, 3.63) is 46.1 Å². The molecular formula is C16H17N5O4S. The number of nitrogens with one attached hydrogen (secondary N) is 1. The van der Waals surface area contributed by atoms with Crippen LogP contribution in [0.1, 0.15) is 34.9 Å². The van der Waals surface area contributed by atoms with Gasteiger partial charge in [0.25, 0.3) is 5.91 Å². The van der Waals surface area contributed by atoms with Crippen molar-refractivity contribution in [3.8, 4) is 5.75 Å². The molecule has 4 rings (SSSR count). The van der Waals surface area contributed by atoms with Crippen LogP contribution in [0.15, 0.2) is 34.9 Å². The molecule has 0 saturated heterocycles. The summed E-state index contributed by atoms with van der Waals surface area (Å²) in [5.74, 6) is 0.316. The molecule has 1 aromatic carbocycles. The molecule has 3 N–H and O–H groups in total. The zero-order valence-corrected chi connectivity index (χ0v) is 14.8. The minimum Gasteiger partial charge on any atom is -0.497 e. The van der Waals surface area contributed by atoms with Crippen LogP contribution in [0.25, 0.3) is 0 Å². The maximum Gasteiger partial charge on any atom is 0.273 e. The van der Waals surface area contributed by atoms with Gasteiger partial charge in [-0.3, -0.25) is 4.79 Å². The van der Waals surface area contributed by atoms with Crippen molar-refractivity contribution in [2.75, 3.05) is 18.2 Å². The van der Waals surface area contributed by atoms with E-state index in [-0.39, 0.29) is 16.4 Å². The van der Waals surface area contributed by atoms with Crippen LogP contribution in [-0.2, 0) is 9.84 Å². The number of amides is 1. The van der Waals surface area contributed by atoms with Gasteiger partial charge in [-0.05, 0) is 30.5 Å². The number of sulfone groups is 1. The van der Waals surface area contributed by atoms with E-state index in [1.54, 1.807) is 31.4 Å². The summed E-state index contributed by atoms with van der Waals surface area (Å²) in [5, 5.41) is 10.9. The molecule has 9 nitrogen and oxygen atoms in total. The van der Waals surface area contributed by atoms with Gasteiger partial charge in [-0.1, -0.05) is 17.3 Å². The first-order valence-electron chi connectivity index (χ1n) is 8.04. The first-order chi connectivity index (χ1) is 12.4. The Hall–Kier alpha value is -2.88. The fraction of sp³-hybridized carbons (Fsp3) is 0.312. The lowest BCUT2D eigenvalue weighted by Gasteiger charge is -2.33. The summed E-state index contributed by atoms with van der Waals surface area (Å²) in [6.07, 6.45) is 1.07. The topological polar surface area (TPSA) is 129 Å². The maximum atomic E-state index is 12.8. The number of hydrogen-bond donors (Lipinski definition) is 2. The van der Waals surface area contributed by atoms with E-state index in [2.05, 4.69) is 15.6 Å². The summed E-state index contributed by atoms with van der Waals surface area (Å²) in [5.41, 5.74) is 6.63. The molecule has 1 unspecified atom stereocenters. The largest absolute Gasteiger partial charge is 0.497 e. The number of fused-ring (bicyclic) bond motifs is 1. The summed E-state index contributed by atoms with van der Waals surface area (Å²) >= 11 is 0. The minimum absolute atomic E-state index is 0.0157. The van der Waals surface area contributed by atoms with Crippen LogP contribution in [-0.4, -0.2) is 42.2 Å². The summed E-state index contributed by atoms with van der Waals surface area (Å²) in [6, 6.07) is 6.34. The van der Waals surface area contributed by atoms with Crippen LogP contribution in [0, 0.1) is 0 Å². The van der Waals surface area contributed by atoms with Crippen LogP contribution in [0.5, 0.6) is 5.75 Å². The van der Waals surface area contributed by atoms with E-state index >= 15 is 0 Å². The van der Waals surface area contributed by atoms with E-state index in [4.69, 9.17) is 10.5 Å². The summed E-state index contributed by atoms with van der Waals surface area (Å²) in [4.78, 5) is 11.9. The van der Waals surface area contributed by atoms with Gasteiger partial charge in [0.2, 0.25) is 0 Å². The van der Waals surface area contributed by atoms with Crippen molar-refractivity contribution in [2.45, 2.75) is 18.9 Å². The van der Waals surface area contributed by atoms with Gasteiger partial charge in [-0.15, -0.1) is 5.10 Å². The van der Waals surface area contributed by atoms with Crippen molar-refractivity contribution in [1.29, 1.82) is 0 Å². The quantitative estimate of drug-likeness (QED) is 0.812. The lowest BCUT2D eigenvalue weighted by Crippen LogP contribution is -2.33. The van der Waals surface area contributed by atoms with E-state index in [0.29, 0.717) is 35.7 Å². The number of benzene rings is 1. The number of primary amides is 1. The monoisotopic (exact) mass is 375 g/mol. The fourth-order valence-electron chi connectivity index (χ4n) is 3.41. The molecule has 1 atom stereocenters. The summed E-state index contributed by atoms with van der Waals surface area (Å²) in [7, 11) is -1.91. The normalized spacial score (nSPS) is 20.7. The molecule has 2 aliphatic rings. The molecule has 0 bridgehead atoms. The first kappa shape index (κ1) is 16.6. The molecule has 2 aliphatic heterocycles. The molecule has 2 aromatic rings. The standard InChI is InChI=1S/C16H17N5O4S/c1-25-10-6-4-9(5-7-10)13-14-11(3-2-8-26(14,23)24)18-16-12(15(17)22)19-20-21(13)16/h4-7,13,18H,2-3,8H2,1H3,(H2,17,22). The Bertz CT molecular complexity index is 1020. The molecule has 136 valence electrons. The second-order valence-corrected chi connectivity index (χ2v) is 8.24. The zero-order chi connectivity index (χ0) is 18.5. The molecule has 3 heterocycles. The summed E-state index contributed by atoms with van der Waals surface area (Å²) in [6.45, 7) is 0. The summed E-state index contributed by atoms with van der Waals surface area (Å²) < 4.78 is 32.2. The SMILES string of the molecule is COc1ccc(C2C3=C(CCCS3(=O)=O)Nc3c(C(N)=O)nnn32)cc1. The number of anilines is 1. The smallest absolute Gasteiger partial charge is 0.273 e.